The first kappa shape index (κ1) is 10.4. The minimum absolute atomic E-state index is 0.350. The lowest BCUT2D eigenvalue weighted by atomic mass is 10.1. The Morgan fingerprint density at radius 3 is 3.00 bits per heavy atom. The predicted molar refractivity (Wildman–Crippen MR) is 56.2 cm³/mol. The van der Waals surface area contributed by atoms with Gasteiger partial charge in [0, 0.05) is 24.3 Å². The van der Waals surface area contributed by atoms with E-state index in [2.05, 4.69) is 11.4 Å². The second kappa shape index (κ2) is 5.89. The van der Waals surface area contributed by atoms with Crippen molar-refractivity contribution >= 4 is 17.1 Å². The molecule has 1 rings (SSSR count). The molecule has 0 fully saturated rings. The third-order valence-electron chi connectivity index (χ3n) is 1.88. The summed E-state index contributed by atoms with van der Waals surface area (Å²) in [6.45, 7) is 0.795. The largest absolute Gasteiger partial charge is 0.319 e. The Morgan fingerprint density at radius 2 is 2.38 bits per heavy atom. The first-order chi connectivity index (χ1) is 6.33. The Balaban J connectivity index is 2.15. The Morgan fingerprint density at radius 1 is 1.54 bits per heavy atom. The maximum atomic E-state index is 11.3. The van der Waals surface area contributed by atoms with Gasteiger partial charge in [-0.25, -0.2) is 0 Å². The Hall–Kier alpha value is -0.670. The summed E-state index contributed by atoms with van der Waals surface area (Å²) in [6.07, 6.45) is 2.24. The first-order valence-corrected chi connectivity index (χ1v) is 5.39. The fourth-order valence-electron chi connectivity index (χ4n) is 1.11. The van der Waals surface area contributed by atoms with Crippen molar-refractivity contribution in [2.75, 3.05) is 13.6 Å². The summed E-state index contributed by atoms with van der Waals surface area (Å²) in [6, 6.07) is 4.11. The van der Waals surface area contributed by atoms with Gasteiger partial charge in [-0.15, -0.1) is 11.3 Å². The average molecular weight is 197 g/mol. The number of ketones is 1. The number of nitrogens with one attached hydrogen (secondary N) is 1. The van der Waals surface area contributed by atoms with E-state index in [1.807, 2.05) is 18.5 Å². The van der Waals surface area contributed by atoms with Crippen LogP contribution in [0.2, 0.25) is 0 Å². The van der Waals surface area contributed by atoms with Gasteiger partial charge in [-0.2, -0.15) is 0 Å². The highest BCUT2D eigenvalue weighted by molar-refractivity contribution is 7.09. The van der Waals surface area contributed by atoms with Crippen molar-refractivity contribution in [3.63, 3.8) is 0 Å². The van der Waals surface area contributed by atoms with Gasteiger partial charge in [0.05, 0.1) is 0 Å². The molecule has 1 aromatic rings. The van der Waals surface area contributed by atoms with E-state index < -0.39 is 0 Å². The van der Waals surface area contributed by atoms with E-state index in [4.69, 9.17) is 0 Å². The van der Waals surface area contributed by atoms with Gasteiger partial charge in [-0.05, 0) is 24.9 Å². The van der Waals surface area contributed by atoms with E-state index in [1.54, 1.807) is 11.3 Å². The highest BCUT2D eigenvalue weighted by Gasteiger charge is 2.01. The van der Waals surface area contributed by atoms with Crippen LogP contribution >= 0.6 is 11.3 Å². The molecule has 0 saturated carbocycles. The number of aryl methyl sites for hydroxylation is 1. The highest BCUT2D eigenvalue weighted by Crippen LogP contribution is 2.11. The van der Waals surface area contributed by atoms with Crippen LogP contribution in [0.25, 0.3) is 0 Å². The number of rotatable bonds is 6. The number of carbonyl (C=O) groups is 1. The maximum Gasteiger partial charge on any atom is 0.134 e. The van der Waals surface area contributed by atoms with Crippen molar-refractivity contribution in [3.8, 4) is 0 Å². The Labute approximate surface area is 83.0 Å². The van der Waals surface area contributed by atoms with E-state index in [9.17, 15) is 4.79 Å². The zero-order valence-corrected chi connectivity index (χ0v) is 8.69. The molecule has 0 aliphatic rings. The Kier molecular flexibility index (Phi) is 4.72. The monoisotopic (exact) mass is 197 g/mol. The van der Waals surface area contributed by atoms with Crippen molar-refractivity contribution in [1.29, 1.82) is 0 Å². The number of hydrogen-bond donors (Lipinski definition) is 1. The summed E-state index contributed by atoms with van der Waals surface area (Å²) in [7, 11) is 1.87. The minimum atomic E-state index is 0.350. The van der Waals surface area contributed by atoms with E-state index in [1.165, 1.54) is 4.88 Å². The molecule has 0 aliphatic heterocycles. The van der Waals surface area contributed by atoms with Crippen molar-refractivity contribution in [1.82, 2.24) is 5.32 Å². The van der Waals surface area contributed by atoms with Crippen LogP contribution in [0.5, 0.6) is 0 Å². The highest BCUT2D eigenvalue weighted by atomic mass is 32.1. The fraction of sp³-hybridized carbons (Fsp3) is 0.500. The number of thiophene rings is 1. The van der Waals surface area contributed by atoms with Crippen LogP contribution in [0.1, 0.15) is 17.7 Å². The van der Waals surface area contributed by atoms with Gasteiger partial charge in [-0.1, -0.05) is 6.07 Å². The maximum absolute atomic E-state index is 11.3. The molecule has 0 bridgehead atoms. The minimum Gasteiger partial charge on any atom is -0.319 e. The standard InChI is InChI=1S/C10H15NOS/c1-11-7-6-9(12)4-5-10-3-2-8-13-10/h2-3,8,11H,4-7H2,1H3. The summed E-state index contributed by atoms with van der Waals surface area (Å²) < 4.78 is 0. The van der Waals surface area contributed by atoms with E-state index in [-0.39, 0.29) is 0 Å². The van der Waals surface area contributed by atoms with Crippen LogP contribution in [0, 0.1) is 0 Å². The predicted octanol–water partition coefficient (Wildman–Crippen LogP) is 1.86. The van der Waals surface area contributed by atoms with Crippen LogP contribution in [0.4, 0.5) is 0 Å². The van der Waals surface area contributed by atoms with Gasteiger partial charge >= 0.3 is 0 Å². The van der Waals surface area contributed by atoms with E-state index in [0.717, 1.165) is 13.0 Å². The van der Waals surface area contributed by atoms with Gasteiger partial charge in [0.15, 0.2) is 0 Å². The molecule has 3 heteroatoms. The molecule has 0 atom stereocenters. The molecule has 0 radical (unpaired) electrons. The number of hydrogen-bond acceptors (Lipinski definition) is 3. The van der Waals surface area contributed by atoms with Crippen LogP contribution in [0.15, 0.2) is 17.5 Å². The molecule has 0 aromatic carbocycles. The molecule has 72 valence electrons. The second-order valence-electron chi connectivity index (χ2n) is 2.97. The first-order valence-electron chi connectivity index (χ1n) is 4.51. The van der Waals surface area contributed by atoms with Crippen molar-refractivity contribution in [2.45, 2.75) is 19.3 Å². The molecular formula is C10H15NOS. The number of Topliss-reactive ketones (excluding diaryl/α,β-unsaturated/α-hetero) is 1. The molecule has 0 aliphatic carbocycles. The molecule has 1 N–H and O–H groups in total. The molecule has 1 aromatic heterocycles. The van der Waals surface area contributed by atoms with Crippen LogP contribution in [-0.4, -0.2) is 19.4 Å². The van der Waals surface area contributed by atoms with Gasteiger partial charge < -0.3 is 5.32 Å². The third kappa shape index (κ3) is 4.20. The molecule has 13 heavy (non-hydrogen) atoms. The lowest BCUT2D eigenvalue weighted by Gasteiger charge is -1.98. The lowest BCUT2D eigenvalue weighted by molar-refractivity contribution is -0.118. The zero-order chi connectivity index (χ0) is 9.52. The second-order valence-corrected chi connectivity index (χ2v) is 4.00. The molecule has 1 heterocycles. The average Bonchev–Trinajstić information content (AvgIpc) is 2.64. The van der Waals surface area contributed by atoms with Crippen LogP contribution in [-0.2, 0) is 11.2 Å². The molecule has 0 unspecified atom stereocenters. The van der Waals surface area contributed by atoms with Gasteiger partial charge in [0.1, 0.15) is 5.78 Å². The van der Waals surface area contributed by atoms with E-state index in [0.29, 0.717) is 18.6 Å². The molecule has 0 amide bonds. The van der Waals surface area contributed by atoms with Gasteiger partial charge in [0.25, 0.3) is 0 Å². The normalized spacial score (nSPS) is 10.2. The molecule has 0 saturated heterocycles. The summed E-state index contributed by atoms with van der Waals surface area (Å²) >= 11 is 1.72. The number of carbonyl (C=O) groups excluding carboxylic acids is 1. The summed E-state index contributed by atoms with van der Waals surface area (Å²) in [5, 5.41) is 5.02. The topological polar surface area (TPSA) is 29.1 Å². The Bertz CT molecular complexity index is 243. The summed E-state index contributed by atoms with van der Waals surface area (Å²) in [5.74, 6) is 0.350. The van der Waals surface area contributed by atoms with Crippen molar-refractivity contribution < 1.29 is 4.79 Å². The fourth-order valence-corrected chi connectivity index (χ4v) is 1.82. The summed E-state index contributed by atoms with van der Waals surface area (Å²) in [5.41, 5.74) is 0. The lowest BCUT2D eigenvalue weighted by Crippen LogP contribution is -2.13. The molecular weight excluding hydrogens is 182 g/mol. The van der Waals surface area contributed by atoms with Crippen LogP contribution in [0.3, 0.4) is 0 Å². The smallest absolute Gasteiger partial charge is 0.134 e. The van der Waals surface area contributed by atoms with Gasteiger partial charge in [0.2, 0.25) is 0 Å². The third-order valence-corrected chi connectivity index (χ3v) is 2.82. The SMILES string of the molecule is CNCCC(=O)CCc1cccs1. The van der Waals surface area contributed by atoms with Crippen molar-refractivity contribution in [2.24, 2.45) is 0 Å². The molecule has 0 spiro atoms. The van der Waals surface area contributed by atoms with Crippen LogP contribution < -0.4 is 5.32 Å². The van der Waals surface area contributed by atoms with Crippen molar-refractivity contribution in [3.05, 3.63) is 22.4 Å². The summed E-state index contributed by atoms with van der Waals surface area (Å²) in [4.78, 5) is 12.6. The van der Waals surface area contributed by atoms with E-state index >= 15 is 0 Å². The zero-order valence-electron chi connectivity index (χ0n) is 7.88. The molecule has 2 nitrogen and oxygen atoms in total. The quantitative estimate of drug-likeness (QED) is 0.754. The van der Waals surface area contributed by atoms with Gasteiger partial charge in [-0.3, -0.25) is 4.79 Å².